The Morgan fingerprint density at radius 1 is 0.750 bits per heavy atom. The van der Waals surface area contributed by atoms with E-state index in [1.54, 1.807) is 0 Å². The van der Waals surface area contributed by atoms with Crippen LogP contribution >= 0.6 is 0 Å². The second kappa shape index (κ2) is 15.0. The first-order valence-corrected chi connectivity index (χ1v) is 10.6. The second-order valence-corrected chi connectivity index (χ2v) is 8.79. The molecule has 0 rings (SSSR count). The third kappa shape index (κ3) is 16.6. The Labute approximate surface area is 153 Å². The van der Waals surface area contributed by atoms with Crippen molar-refractivity contribution in [1.29, 1.82) is 0 Å². The van der Waals surface area contributed by atoms with Crippen molar-refractivity contribution < 1.29 is 4.74 Å². The van der Waals surface area contributed by atoms with Crippen LogP contribution in [-0.4, -0.2) is 12.7 Å². The lowest BCUT2D eigenvalue weighted by molar-refractivity contribution is 0.102. The number of rotatable bonds is 15. The maximum atomic E-state index is 5.58. The van der Waals surface area contributed by atoms with Crippen molar-refractivity contribution in [3.8, 4) is 0 Å². The number of allylic oxidation sites excluding steroid dienone is 1. The van der Waals surface area contributed by atoms with Crippen LogP contribution in [0.25, 0.3) is 0 Å². The zero-order valence-corrected chi connectivity index (χ0v) is 17.9. The summed E-state index contributed by atoms with van der Waals surface area (Å²) in [4.78, 5) is 0. The van der Waals surface area contributed by atoms with Gasteiger partial charge in [-0.05, 0) is 51.4 Å². The average molecular weight is 339 g/mol. The second-order valence-electron chi connectivity index (χ2n) is 8.79. The van der Waals surface area contributed by atoms with E-state index in [1.165, 1.54) is 63.4 Å². The molecule has 0 aliphatic carbocycles. The molecule has 2 unspecified atom stereocenters. The Bertz CT molecular complexity index is 303. The fourth-order valence-corrected chi connectivity index (χ4v) is 3.19. The van der Waals surface area contributed by atoms with Gasteiger partial charge in [-0.2, -0.15) is 0 Å². The number of hydrogen-bond donors (Lipinski definition) is 0. The van der Waals surface area contributed by atoms with Crippen LogP contribution in [0.2, 0.25) is 0 Å². The molecule has 0 amide bonds. The van der Waals surface area contributed by atoms with Gasteiger partial charge >= 0.3 is 0 Å². The molecule has 0 aromatic carbocycles. The molecule has 1 nitrogen and oxygen atoms in total. The summed E-state index contributed by atoms with van der Waals surface area (Å²) in [6.07, 6.45) is 15.0. The van der Waals surface area contributed by atoms with Crippen LogP contribution in [0, 0.1) is 17.8 Å². The molecule has 0 heterocycles. The van der Waals surface area contributed by atoms with Gasteiger partial charge in [0.2, 0.25) is 0 Å². The molecule has 2 atom stereocenters. The summed E-state index contributed by atoms with van der Waals surface area (Å²) in [5.41, 5.74) is 1.49. The molecule has 144 valence electrons. The van der Waals surface area contributed by atoms with Gasteiger partial charge in [0.15, 0.2) is 0 Å². The fraction of sp³-hybridized carbons (Fsp3) is 0.913. The van der Waals surface area contributed by atoms with E-state index in [0.29, 0.717) is 6.10 Å². The summed E-state index contributed by atoms with van der Waals surface area (Å²) in [6.45, 7) is 16.7. The van der Waals surface area contributed by atoms with E-state index in [2.05, 4.69) is 54.5 Å². The van der Waals surface area contributed by atoms with Crippen LogP contribution in [-0.2, 0) is 4.74 Å². The van der Waals surface area contributed by atoms with Crippen molar-refractivity contribution >= 4 is 0 Å². The molecule has 0 spiro atoms. The van der Waals surface area contributed by atoms with Crippen molar-refractivity contribution in [2.45, 2.75) is 112 Å². The zero-order valence-electron chi connectivity index (χ0n) is 17.9. The van der Waals surface area contributed by atoms with Gasteiger partial charge in [-0.25, -0.2) is 0 Å². The normalized spacial score (nSPS) is 15.3. The smallest absolute Gasteiger partial charge is 0.0653 e. The van der Waals surface area contributed by atoms with Gasteiger partial charge in [0.05, 0.1) is 12.7 Å². The van der Waals surface area contributed by atoms with Crippen LogP contribution in [0.1, 0.15) is 106 Å². The van der Waals surface area contributed by atoms with Gasteiger partial charge in [-0.15, -0.1) is 0 Å². The molecule has 0 saturated carbocycles. The lowest BCUT2D eigenvalue weighted by atomic mass is 9.91. The minimum atomic E-state index is 0.335. The van der Waals surface area contributed by atoms with Crippen LogP contribution in [0.3, 0.4) is 0 Å². The SMILES string of the molecule is C/C(=C\COC(C)C)CCCC(C)CCCC(C)CCCC(C)C. The molecule has 0 aliphatic heterocycles. The first-order chi connectivity index (χ1) is 11.3. The molecule has 1 heteroatoms. The number of hydrogen-bond acceptors (Lipinski definition) is 1. The van der Waals surface area contributed by atoms with Crippen molar-refractivity contribution in [2.24, 2.45) is 17.8 Å². The van der Waals surface area contributed by atoms with E-state index in [9.17, 15) is 0 Å². The van der Waals surface area contributed by atoms with E-state index in [0.717, 1.165) is 24.4 Å². The quantitative estimate of drug-likeness (QED) is 0.277. The molecule has 0 bridgehead atoms. The lowest BCUT2D eigenvalue weighted by Gasteiger charge is -2.15. The molecular formula is C23H46O. The maximum absolute atomic E-state index is 5.58. The predicted molar refractivity (Wildman–Crippen MR) is 110 cm³/mol. The molecule has 0 radical (unpaired) electrons. The molecule has 0 aromatic rings. The molecular weight excluding hydrogens is 292 g/mol. The Hall–Kier alpha value is -0.300. The van der Waals surface area contributed by atoms with Crippen molar-refractivity contribution in [2.75, 3.05) is 6.61 Å². The highest BCUT2D eigenvalue weighted by molar-refractivity contribution is 4.97. The van der Waals surface area contributed by atoms with Crippen LogP contribution in [0.4, 0.5) is 0 Å². The minimum absolute atomic E-state index is 0.335. The molecule has 24 heavy (non-hydrogen) atoms. The highest BCUT2D eigenvalue weighted by Crippen LogP contribution is 2.22. The van der Waals surface area contributed by atoms with E-state index in [1.807, 2.05) is 0 Å². The van der Waals surface area contributed by atoms with E-state index in [4.69, 9.17) is 4.74 Å². The molecule has 0 saturated heterocycles. The van der Waals surface area contributed by atoms with Gasteiger partial charge in [-0.1, -0.05) is 84.3 Å². The Morgan fingerprint density at radius 3 is 1.75 bits per heavy atom. The third-order valence-electron chi connectivity index (χ3n) is 5.00. The van der Waals surface area contributed by atoms with Crippen molar-refractivity contribution in [3.63, 3.8) is 0 Å². The number of ether oxygens (including phenoxy) is 1. The Kier molecular flexibility index (Phi) is 14.8. The van der Waals surface area contributed by atoms with E-state index >= 15 is 0 Å². The summed E-state index contributed by atoms with van der Waals surface area (Å²) in [6, 6.07) is 0. The highest BCUT2D eigenvalue weighted by Gasteiger charge is 2.06. The lowest BCUT2D eigenvalue weighted by Crippen LogP contribution is -2.02. The summed E-state index contributed by atoms with van der Waals surface area (Å²) in [5.74, 6) is 2.67. The van der Waals surface area contributed by atoms with Crippen LogP contribution in [0.5, 0.6) is 0 Å². The van der Waals surface area contributed by atoms with Gasteiger partial charge in [0.25, 0.3) is 0 Å². The van der Waals surface area contributed by atoms with Gasteiger partial charge in [0.1, 0.15) is 0 Å². The molecule has 0 aromatic heterocycles. The monoisotopic (exact) mass is 338 g/mol. The summed E-state index contributed by atoms with van der Waals surface area (Å²) in [5, 5.41) is 0. The van der Waals surface area contributed by atoms with Gasteiger partial charge in [0, 0.05) is 0 Å². The standard InChI is InChI=1S/C23H46O/c1-19(2)11-8-12-21(5)13-9-14-22(6)15-10-16-23(7)17-18-24-20(3)4/h17,19-22H,8-16,18H2,1-7H3/b23-17+. The Balaban J connectivity index is 3.60. The minimum Gasteiger partial charge on any atom is -0.375 e. The van der Waals surface area contributed by atoms with Crippen LogP contribution in [0.15, 0.2) is 11.6 Å². The topological polar surface area (TPSA) is 9.23 Å². The summed E-state index contributed by atoms with van der Waals surface area (Å²) in [7, 11) is 0. The molecule has 0 aliphatic rings. The zero-order chi connectivity index (χ0) is 18.4. The third-order valence-corrected chi connectivity index (χ3v) is 5.00. The molecule has 0 N–H and O–H groups in total. The largest absolute Gasteiger partial charge is 0.375 e. The summed E-state index contributed by atoms with van der Waals surface area (Å²) < 4.78 is 5.58. The summed E-state index contributed by atoms with van der Waals surface area (Å²) >= 11 is 0. The first kappa shape index (κ1) is 23.7. The fourth-order valence-electron chi connectivity index (χ4n) is 3.19. The maximum Gasteiger partial charge on any atom is 0.0653 e. The van der Waals surface area contributed by atoms with Crippen molar-refractivity contribution in [3.05, 3.63) is 11.6 Å². The van der Waals surface area contributed by atoms with Gasteiger partial charge < -0.3 is 4.74 Å². The van der Waals surface area contributed by atoms with E-state index in [-0.39, 0.29) is 0 Å². The first-order valence-electron chi connectivity index (χ1n) is 10.6. The van der Waals surface area contributed by atoms with Crippen molar-refractivity contribution in [1.82, 2.24) is 0 Å². The van der Waals surface area contributed by atoms with Gasteiger partial charge in [-0.3, -0.25) is 0 Å². The van der Waals surface area contributed by atoms with Crippen LogP contribution < -0.4 is 0 Å². The van der Waals surface area contributed by atoms with E-state index < -0.39 is 0 Å². The average Bonchev–Trinajstić information content (AvgIpc) is 2.46. The Morgan fingerprint density at radius 2 is 1.25 bits per heavy atom. The highest BCUT2D eigenvalue weighted by atomic mass is 16.5. The molecule has 0 fully saturated rings. The predicted octanol–water partition coefficient (Wildman–Crippen LogP) is 7.80.